The first-order valence-electron chi connectivity index (χ1n) is 9.12. The molecule has 0 fully saturated rings. The molecule has 0 heterocycles. The summed E-state index contributed by atoms with van der Waals surface area (Å²) < 4.78 is 11.7. The molecular formula is C22H29NO3. The van der Waals surface area contributed by atoms with Gasteiger partial charge in [-0.25, -0.2) is 0 Å². The van der Waals surface area contributed by atoms with Gasteiger partial charge >= 0.3 is 0 Å². The number of nitrogens with one attached hydrogen (secondary N) is 1. The summed E-state index contributed by atoms with van der Waals surface area (Å²) in [6.45, 7) is 10.3. The third-order valence-corrected chi connectivity index (χ3v) is 4.11. The first-order chi connectivity index (χ1) is 12.4. The van der Waals surface area contributed by atoms with Crippen molar-refractivity contribution in [2.45, 2.75) is 53.2 Å². The van der Waals surface area contributed by atoms with E-state index >= 15 is 0 Å². The SMILES string of the molecule is CCC(Oc1cc(C)cc(C)c1)C(=O)NC(C)COc1ccccc1C. The Kier molecular flexibility index (Phi) is 7.07. The highest BCUT2D eigenvalue weighted by Gasteiger charge is 2.20. The van der Waals surface area contributed by atoms with Crippen molar-refractivity contribution in [1.29, 1.82) is 0 Å². The van der Waals surface area contributed by atoms with Gasteiger partial charge in [0.2, 0.25) is 0 Å². The lowest BCUT2D eigenvalue weighted by Gasteiger charge is -2.21. The van der Waals surface area contributed by atoms with Crippen LogP contribution < -0.4 is 14.8 Å². The number of aryl methyl sites for hydroxylation is 3. The van der Waals surface area contributed by atoms with Crippen LogP contribution in [0.25, 0.3) is 0 Å². The molecule has 0 spiro atoms. The molecule has 2 aromatic rings. The minimum absolute atomic E-state index is 0.112. The molecular weight excluding hydrogens is 326 g/mol. The number of carbonyl (C=O) groups excluding carboxylic acids is 1. The first kappa shape index (κ1) is 19.8. The quantitative estimate of drug-likeness (QED) is 0.766. The van der Waals surface area contributed by atoms with Gasteiger partial charge in [0.15, 0.2) is 6.10 Å². The van der Waals surface area contributed by atoms with Crippen LogP contribution >= 0.6 is 0 Å². The molecule has 0 radical (unpaired) electrons. The van der Waals surface area contributed by atoms with E-state index in [0.717, 1.165) is 28.2 Å². The maximum Gasteiger partial charge on any atom is 0.261 e. The van der Waals surface area contributed by atoms with E-state index in [4.69, 9.17) is 9.47 Å². The lowest BCUT2D eigenvalue weighted by atomic mass is 10.1. The van der Waals surface area contributed by atoms with Crippen molar-refractivity contribution in [3.05, 3.63) is 59.2 Å². The lowest BCUT2D eigenvalue weighted by molar-refractivity contribution is -0.128. The van der Waals surface area contributed by atoms with Crippen LogP contribution in [0.15, 0.2) is 42.5 Å². The van der Waals surface area contributed by atoms with E-state index in [2.05, 4.69) is 11.4 Å². The third-order valence-electron chi connectivity index (χ3n) is 4.11. The molecule has 2 atom stereocenters. The Morgan fingerprint density at radius 1 is 1.08 bits per heavy atom. The van der Waals surface area contributed by atoms with E-state index in [1.807, 2.05) is 71.0 Å². The average molecular weight is 355 g/mol. The van der Waals surface area contributed by atoms with Crippen LogP contribution in [0.5, 0.6) is 11.5 Å². The molecule has 0 bridgehead atoms. The topological polar surface area (TPSA) is 47.6 Å². The highest BCUT2D eigenvalue weighted by atomic mass is 16.5. The Balaban J connectivity index is 1.90. The molecule has 0 aliphatic rings. The molecule has 4 heteroatoms. The van der Waals surface area contributed by atoms with Gasteiger partial charge in [-0.15, -0.1) is 0 Å². The third kappa shape index (κ3) is 5.80. The van der Waals surface area contributed by atoms with E-state index in [0.29, 0.717) is 13.0 Å². The molecule has 2 aromatic carbocycles. The second kappa shape index (κ2) is 9.27. The van der Waals surface area contributed by atoms with Gasteiger partial charge in [-0.05, 0) is 69.0 Å². The molecule has 0 aliphatic heterocycles. The molecule has 2 unspecified atom stereocenters. The van der Waals surface area contributed by atoms with Gasteiger partial charge in [0, 0.05) is 0 Å². The largest absolute Gasteiger partial charge is 0.491 e. The molecule has 1 N–H and O–H groups in total. The van der Waals surface area contributed by atoms with Gasteiger partial charge in [-0.3, -0.25) is 4.79 Å². The van der Waals surface area contributed by atoms with Crippen molar-refractivity contribution in [1.82, 2.24) is 5.32 Å². The van der Waals surface area contributed by atoms with Gasteiger partial charge in [0.25, 0.3) is 5.91 Å². The van der Waals surface area contributed by atoms with Crippen molar-refractivity contribution in [3.63, 3.8) is 0 Å². The molecule has 0 aliphatic carbocycles. The standard InChI is InChI=1S/C22H29NO3/c1-6-20(26-19-12-15(2)11-16(3)13-19)22(24)23-18(5)14-25-21-10-8-7-9-17(21)4/h7-13,18,20H,6,14H2,1-5H3,(H,23,24). The van der Waals surface area contributed by atoms with Gasteiger partial charge in [0.05, 0.1) is 6.04 Å². The highest BCUT2D eigenvalue weighted by molar-refractivity contribution is 5.81. The lowest BCUT2D eigenvalue weighted by Crippen LogP contribution is -2.44. The Labute approximate surface area is 156 Å². The predicted octanol–water partition coefficient (Wildman–Crippen LogP) is 4.35. The summed E-state index contributed by atoms with van der Waals surface area (Å²) >= 11 is 0. The average Bonchev–Trinajstić information content (AvgIpc) is 2.58. The molecule has 0 saturated heterocycles. The van der Waals surface area contributed by atoms with E-state index in [-0.39, 0.29) is 11.9 Å². The molecule has 26 heavy (non-hydrogen) atoms. The van der Waals surface area contributed by atoms with E-state index in [9.17, 15) is 4.79 Å². The van der Waals surface area contributed by atoms with Crippen LogP contribution in [0, 0.1) is 20.8 Å². The second-order valence-corrected chi connectivity index (χ2v) is 6.82. The van der Waals surface area contributed by atoms with Crippen molar-refractivity contribution in [2.24, 2.45) is 0 Å². The Morgan fingerprint density at radius 3 is 2.35 bits per heavy atom. The number of hydrogen-bond acceptors (Lipinski definition) is 3. The minimum Gasteiger partial charge on any atom is -0.491 e. The summed E-state index contributed by atoms with van der Waals surface area (Å²) in [6.07, 6.45) is 0.0848. The summed E-state index contributed by atoms with van der Waals surface area (Å²) in [5.41, 5.74) is 3.32. The normalized spacial score (nSPS) is 13.0. The summed E-state index contributed by atoms with van der Waals surface area (Å²) in [6, 6.07) is 13.7. The van der Waals surface area contributed by atoms with Crippen molar-refractivity contribution >= 4 is 5.91 Å². The Bertz CT molecular complexity index is 722. The number of hydrogen-bond donors (Lipinski definition) is 1. The van der Waals surface area contributed by atoms with E-state index in [1.165, 1.54) is 0 Å². The molecule has 140 valence electrons. The minimum atomic E-state index is -0.517. The van der Waals surface area contributed by atoms with Crippen molar-refractivity contribution in [3.8, 4) is 11.5 Å². The zero-order chi connectivity index (χ0) is 19.1. The summed E-state index contributed by atoms with van der Waals surface area (Å²) in [5.74, 6) is 1.45. The smallest absolute Gasteiger partial charge is 0.261 e. The number of amides is 1. The van der Waals surface area contributed by atoms with Gasteiger partial charge < -0.3 is 14.8 Å². The zero-order valence-electron chi connectivity index (χ0n) is 16.3. The van der Waals surface area contributed by atoms with Crippen LogP contribution in [-0.2, 0) is 4.79 Å². The fourth-order valence-electron chi connectivity index (χ4n) is 2.80. The molecule has 0 saturated carbocycles. The first-order valence-corrected chi connectivity index (χ1v) is 9.12. The maximum absolute atomic E-state index is 12.5. The van der Waals surface area contributed by atoms with E-state index in [1.54, 1.807) is 0 Å². The summed E-state index contributed by atoms with van der Waals surface area (Å²) in [4.78, 5) is 12.5. The predicted molar refractivity (Wildman–Crippen MR) is 105 cm³/mol. The highest BCUT2D eigenvalue weighted by Crippen LogP contribution is 2.19. The molecule has 4 nitrogen and oxygen atoms in total. The number of para-hydroxylation sites is 1. The van der Waals surface area contributed by atoms with Crippen LogP contribution in [0.3, 0.4) is 0 Å². The second-order valence-electron chi connectivity index (χ2n) is 6.82. The fraction of sp³-hybridized carbons (Fsp3) is 0.409. The molecule has 1 amide bonds. The number of ether oxygens (including phenoxy) is 2. The Hall–Kier alpha value is -2.49. The molecule has 0 aromatic heterocycles. The molecule has 2 rings (SSSR count). The summed E-state index contributed by atoms with van der Waals surface area (Å²) in [7, 11) is 0. The van der Waals surface area contributed by atoms with Crippen molar-refractivity contribution in [2.75, 3.05) is 6.61 Å². The van der Waals surface area contributed by atoms with Gasteiger partial charge in [0.1, 0.15) is 18.1 Å². The van der Waals surface area contributed by atoms with Crippen LogP contribution in [0.1, 0.15) is 37.0 Å². The van der Waals surface area contributed by atoms with E-state index < -0.39 is 6.10 Å². The monoisotopic (exact) mass is 355 g/mol. The maximum atomic E-state index is 12.5. The van der Waals surface area contributed by atoms with Gasteiger partial charge in [-0.1, -0.05) is 31.2 Å². The van der Waals surface area contributed by atoms with Crippen molar-refractivity contribution < 1.29 is 14.3 Å². The number of carbonyl (C=O) groups is 1. The number of rotatable bonds is 8. The van der Waals surface area contributed by atoms with Crippen LogP contribution in [0.4, 0.5) is 0 Å². The Morgan fingerprint density at radius 2 is 1.73 bits per heavy atom. The summed E-state index contributed by atoms with van der Waals surface area (Å²) in [5, 5.41) is 2.98. The van der Waals surface area contributed by atoms with Gasteiger partial charge in [-0.2, -0.15) is 0 Å². The zero-order valence-corrected chi connectivity index (χ0v) is 16.3. The van der Waals surface area contributed by atoms with Crippen LogP contribution in [0.2, 0.25) is 0 Å². The van der Waals surface area contributed by atoms with Crippen LogP contribution in [-0.4, -0.2) is 24.7 Å². The number of benzene rings is 2. The fourth-order valence-corrected chi connectivity index (χ4v) is 2.80.